The Balaban J connectivity index is 1.65. The van der Waals surface area contributed by atoms with Gasteiger partial charge in [0.2, 0.25) is 0 Å². The summed E-state index contributed by atoms with van der Waals surface area (Å²) in [7, 11) is 0.672. The molecule has 1 saturated heterocycles. The summed E-state index contributed by atoms with van der Waals surface area (Å²) in [6, 6.07) is 32.1. The van der Waals surface area contributed by atoms with E-state index in [9.17, 15) is 0 Å². The molecule has 3 aromatic carbocycles. The van der Waals surface area contributed by atoms with E-state index in [1.165, 1.54) is 14.8 Å². The summed E-state index contributed by atoms with van der Waals surface area (Å²) in [5.41, 5.74) is -0.192. The molecule has 3 aromatic rings. The Labute approximate surface area is 254 Å². The van der Waals surface area contributed by atoms with Crippen molar-refractivity contribution in [2.45, 2.75) is 69.4 Å². The Hall–Kier alpha value is -1.80. The van der Waals surface area contributed by atoms with Crippen molar-refractivity contribution in [3.8, 4) is 0 Å². The molecule has 0 radical (unpaired) electrons. The first-order valence-electron chi connectivity index (χ1n) is 14.4. The van der Waals surface area contributed by atoms with Crippen LogP contribution >= 0.6 is 0 Å². The molecule has 0 aromatic heterocycles. The van der Waals surface area contributed by atoms with Gasteiger partial charge in [0, 0.05) is 0 Å². The van der Waals surface area contributed by atoms with Gasteiger partial charge in [0.1, 0.15) is 0 Å². The molecule has 0 saturated carbocycles. The average Bonchev–Trinajstić information content (AvgIpc) is 3.23. The summed E-state index contributed by atoms with van der Waals surface area (Å²) < 4.78 is 33.5. The molecule has 1 aliphatic heterocycles. The summed E-state index contributed by atoms with van der Waals surface area (Å²) in [4.78, 5) is 0. The first-order valence-corrected chi connectivity index (χ1v) is 18.3. The fourth-order valence-corrected chi connectivity index (χ4v) is 13.2. The van der Waals surface area contributed by atoms with Crippen molar-refractivity contribution >= 4 is 38.1 Å². The molecule has 7 heteroatoms. The molecular weight excluding hydrogens is 595 g/mol. The molecular formula is C34H46O5SeSi. The first kappa shape index (κ1) is 32.1. The monoisotopic (exact) mass is 642 g/mol. The molecule has 222 valence electrons. The van der Waals surface area contributed by atoms with Gasteiger partial charge in [-0.1, -0.05) is 0 Å². The van der Waals surface area contributed by atoms with E-state index in [0.717, 1.165) is 5.32 Å². The van der Waals surface area contributed by atoms with Gasteiger partial charge in [-0.15, -0.1) is 0 Å². The van der Waals surface area contributed by atoms with Gasteiger partial charge >= 0.3 is 255 Å². The molecule has 0 N–H and O–H groups in total. The third-order valence-corrected chi connectivity index (χ3v) is 15.5. The summed E-state index contributed by atoms with van der Waals surface area (Å²) >= 11 is 0.296. The Morgan fingerprint density at radius 1 is 0.854 bits per heavy atom. The van der Waals surface area contributed by atoms with Crippen LogP contribution in [0.5, 0.6) is 0 Å². The molecule has 4 atom stereocenters. The molecule has 0 amide bonds. The van der Waals surface area contributed by atoms with Crippen molar-refractivity contribution in [1.29, 1.82) is 0 Å². The number of benzene rings is 3. The van der Waals surface area contributed by atoms with Gasteiger partial charge in [-0.05, 0) is 0 Å². The zero-order valence-corrected chi connectivity index (χ0v) is 28.3. The van der Waals surface area contributed by atoms with Gasteiger partial charge in [0.15, 0.2) is 0 Å². The SMILES string of the molecule is COCO[C@H](CO[Si](c1ccccc1)(c1ccccc1)C(C)(C)C)[C@@H]1OC(C[Se]c2ccccc2)C(C)(C)[C@@H]1OC. The normalized spacial score (nSPS) is 21.6. The van der Waals surface area contributed by atoms with E-state index in [2.05, 4.69) is 126 Å². The number of rotatable bonds is 13. The van der Waals surface area contributed by atoms with Crippen LogP contribution < -0.4 is 14.8 Å². The van der Waals surface area contributed by atoms with Crippen molar-refractivity contribution in [2.75, 3.05) is 27.6 Å². The van der Waals surface area contributed by atoms with E-state index in [0.29, 0.717) is 21.6 Å². The van der Waals surface area contributed by atoms with Crippen LogP contribution in [0.2, 0.25) is 10.4 Å². The molecule has 0 aliphatic carbocycles. The van der Waals surface area contributed by atoms with Crippen molar-refractivity contribution in [2.24, 2.45) is 5.41 Å². The Morgan fingerprint density at radius 3 is 1.88 bits per heavy atom. The van der Waals surface area contributed by atoms with E-state index in [1.807, 2.05) is 0 Å². The zero-order valence-electron chi connectivity index (χ0n) is 25.5. The van der Waals surface area contributed by atoms with E-state index in [4.69, 9.17) is 23.4 Å². The molecule has 41 heavy (non-hydrogen) atoms. The van der Waals surface area contributed by atoms with Crippen molar-refractivity contribution in [3.63, 3.8) is 0 Å². The summed E-state index contributed by atoms with van der Waals surface area (Å²) in [5.74, 6) is 0. The molecule has 1 heterocycles. The van der Waals surface area contributed by atoms with Gasteiger partial charge in [-0.2, -0.15) is 0 Å². The predicted octanol–water partition coefficient (Wildman–Crippen LogP) is 4.81. The van der Waals surface area contributed by atoms with Crippen LogP contribution in [0.15, 0.2) is 91.0 Å². The molecule has 0 spiro atoms. The molecule has 1 fully saturated rings. The average molecular weight is 642 g/mol. The molecule has 4 rings (SSSR count). The van der Waals surface area contributed by atoms with Crippen LogP contribution in [0, 0.1) is 5.41 Å². The van der Waals surface area contributed by atoms with Crippen LogP contribution in [0.25, 0.3) is 0 Å². The van der Waals surface area contributed by atoms with Crippen LogP contribution in [0.4, 0.5) is 0 Å². The second-order valence-corrected chi connectivity index (χ2v) is 18.9. The van der Waals surface area contributed by atoms with Gasteiger partial charge in [-0.3, -0.25) is 0 Å². The van der Waals surface area contributed by atoms with Crippen LogP contribution in [0.1, 0.15) is 34.6 Å². The van der Waals surface area contributed by atoms with Crippen molar-refractivity contribution < 1.29 is 23.4 Å². The minimum atomic E-state index is -2.76. The fourth-order valence-electron chi connectivity index (χ4n) is 6.07. The van der Waals surface area contributed by atoms with Crippen molar-refractivity contribution in [1.82, 2.24) is 0 Å². The molecule has 1 unspecified atom stereocenters. The second-order valence-electron chi connectivity index (χ2n) is 12.3. The summed E-state index contributed by atoms with van der Waals surface area (Å²) in [5, 5.41) is 3.30. The Morgan fingerprint density at radius 2 is 1.39 bits per heavy atom. The first-order chi connectivity index (χ1) is 19.6. The zero-order chi connectivity index (χ0) is 29.5. The van der Waals surface area contributed by atoms with Crippen LogP contribution in [0.3, 0.4) is 0 Å². The summed E-state index contributed by atoms with van der Waals surface area (Å²) in [6.45, 7) is 11.9. The number of ether oxygens (including phenoxy) is 4. The molecule has 5 nitrogen and oxygen atoms in total. The van der Waals surface area contributed by atoms with Gasteiger partial charge < -0.3 is 0 Å². The quantitative estimate of drug-likeness (QED) is 0.198. The van der Waals surface area contributed by atoms with Crippen LogP contribution in [-0.2, 0) is 23.4 Å². The maximum atomic E-state index is 7.29. The Kier molecular flexibility index (Phi) is 11.1. The van der Waals surface area contributed by atoms with Gasteiger partial charge in [0.25, 0.3) is 0 Å². The molecule has 0 bridgehead atoms. The number of hydrogen-bond donors (Lipinski definition) is 0. The third kappa shape index (κ3) is 7.06. The van der Waals surface area contributed by atoms with Crippen molar-refractivity contribution in [3.05, 3.63) is 91.0 Å². The summed E-state index contributed by atoms with van der Waals surface area (Å²) in [6.07, 6.45) is -0.766. The third-order valence-electron chi connectivity index (χ3n) is 8.23. The standard InChI is InChI=1S/C34H46O5SeSi/c1-33(2,3)41(27-19-13-9-14-20-27,28-21-15-10-16-22-28)38-23-29(37-25-35-6)31-32(36-7)34(4,5)30(39-31)24-40-26-17-11-8-12-18-26/h8-22,29-32H,23-25H2,1-7H3/t29-,30?,31+,32-/m1/s1. The fraction of sp³-hybridized carbons (Fsp3) is 0.471. The topological polar surface area (TPSA) is 46.2 Å². The number of methoxy groups -OCH3 is 2. The van der Waals surface area contributed by atoms with Gasteiger partial charge in [-0.25, -0.2) is 0 Å². The second kappa shape index (κ2) is 14.1. The number of hydrogen-bond acceptors (Lipinski definition) is 5. The van der Waals surface area contributed by atoms with E-state index in [-0.39, 0.29) is 41.7 Å². The van der Waals surface area contributed by atoms with Gasteiger partial charge in [0.05, 0.1) is 0 Å². The van der Waals surface area contributed by atoms with E-state index >= 15 is 0 Å². The Bertz CT molecular complexity index is 1150. The predicted molar refractivity (Wildman–Crippen MR) is 170 cm³/mol. The van der Waals surface area contributed by atoms with E-state index < -0.39 is 8.32 Å². The minimum absolute atomic E-state index is 0.0409. The maximum absolute atomic E-state index is 7.29. The van der Waals surface area contributed by atoms with E-state index in [1.54, 1.807) is 14.2 Å². The molecule has 1 aliphatic rings. The van der Waals surface area contributed by atoms with Crippen LogP contribution in [-0.4, -0.2) is 75.3 Å².